The molecular formula is C19H24N2O3. The highest BCUT2D eigenvalue weighted by molar-refractivity contribution is 6.08. The highest BCUT2D eigenvalue weighted by atomic mass is 16.2. The second kappa shape index (κ2) is 7.16. The number of hydrogen-bond donors (Lipinski definition) is 1. The highest BCUT2D eigenvalue weighted by Gasteiger charge is 2.33. The van der Waals surface area contributed by atoms with Crippen LogP contribution in [0.1, 0.15) is 65.7 Å². The van der Waals surface area contributed by atoms with Gasteiger partial charge in [-0.15, -0.1) is 0 Å². The number of carbonyl (C=O) groups is 3. The van der Waals surface area contributed by atoms with Crippen LogP contribution >= 0.6 is 0 Å². The quantitative estimate of drug-likeness (QED) is 0.863. The molecule has 0 atom stereocenters. The molecule has 2 aliphatic rings. The average Bonchev–Trinajstić information content (AvgIpc) is 2.62. The van der Waals surface area contributed by atoms with Gasteiger partial charge in [-0.2, -0.15) is 0 Å². The van der Waals surface area contributed by atoms with Crippen molar-refractivity contribution in [2.45, 2.75) is 51.0 Å². The lowest BCUT2D eigenvalue weighted by Crippen LogP contribution is -2.45. The van der Waals surface area contributed by atoms with Gasteiger partial charge < -0.3 is 10.6 Å². The van der Waals surface area contributed by atoms with Crippen molar-refractivity contribution >= 4 is 17.6 Å². The van der Waals surface area contributed by atoms with E-state index in [0.29, 0.717) is 17.5 Å². The fraction of sp³-hybridized carbons (Fsp3) is 0.526. The number of benzene rings is 1. The Labute approximate surface area is 142 Å². The first-order valence-electron chi connectivity index (χ1n) is 8.80. The Morgan fingerprint density at radius 1 is 1.00 bits per heavy atom. The van der Waals surface area contributed by atoms with Gasteiger partial charge in [0, 0.05) is 36.1 Å². The van der Waals surface area contributed by atoms with Crippen molar-refractivity contribution in [3.8, 4) is 0 Å². The third kappa shape index (κ3) is 3.35. The maximum Gasteiger partial charge on any atom is 0.249 e. The predicted molar refractivity (Wildman–Crippen MR) is 90.6 cm³/mol. The first-order valence-corrected chi connectivity index (χ1v) is 8.80. The fourth-order valence-corrected chi connectivity index (χ4v) is 4.00. The van der Waals surface area contributed by atoms with Gasteiger partial charge in [0.1, 0.15) is 0 Å². The molecule has 1 aliphatic carbocycles. The number of ketones is 1. The van der Waals surface area contributed by atoms with Crippen LogP contribution in [0, 0.1) is 5.92 Å². The predicted octanol–water partition coefficient (Wildman–Crippen LogP) is 2.54. The van der Waals surface area contributed by atoms with Gasteiger partial charge in [-0.05, 0) is 44.6 Å². The van der Waals surface area contributed by atoms with E-state index in [0.717, 1.165) is 45.1 Å². The topological polar surface area (TPSA) is 80.5 Å². The normalized spacial score (nSPS) is 24.7. The second-order valence-corrected chi connectivity index (χ2v) is 6.82. The summed E-state index contributed by atoms with van der Waals surface area (Å²) in [6.45, 7) is 0.854. The van der Waals surface area contributed by atoms with Crippen LogP contribution in [-0.4, -0.2) is 35.1 Å². The van der Waals surface area contributed by atoms with Gasteiger partial charge >= 0.3 is 0 Å². The summed E-state index contributed by atoms with van der Waals surface area (Å²) >= 11 is 0. The number of carbonyl (C=O) groups excluding carboxylic acids is 3. The Hall–Kier alpha value is -2.17. The van der Waals surface area contributed by atoms with Crippen LogP contribution in [0.2, 0.25) is 0 Å². The monoisotopic (exact) mass is 328 g/mol. The molecule has 0 unspecified atom stereocenters. The summed E-state index contributed by atoms with van der Waals surface area (Å²) in [6, 6.07) is 7.04. The van der Waals surface area contributed by atoms with E-state index in [9.17, 15) is 14.4 Å². The van der Waals surface area contributed by atoms with E-state index >= 15 is 0 Å². The number of nitrogens with two attached hydrogens (primary N) is 1. The largest absolute Gasteiger partial charge is 0.366 e. The molecule has 2 N–H and O–H groups in total. The summed E-state index contributed by atoms with van der Waals surface area (Å²) in [6.07, 6.45) is 5.98. The molecule has 2 fully saturated rings. The maximum atomic E-state index is 12.8. The summed E-state index contributed by atoms with van der Waals surface area (Å²) in [5.74, 6) is -0.379. The van der Waals surface area contributed by atoms with Crippen molar-refractivity contribution in [2.75, 3.05) is 6.54 Å². The number of Topliss-reactive ketones (excluding diaryl/α,β-unsaturated/α-hetero) is 1. The molecule has 5 heteroatoms. The number of hydrogen-bond acceptors (Lipinski definition) is 3. The number of likely N-dealkylation sites (tertiary alicyclic amines) is 1. The van der Waals surface area contributed by atoms with Gasteiger partial charge in [-0.25, -0.2) is 0 Å². The lowest BCUT2D eigenvalue weighted by Gasteiger charge is -2.38. The van der Waals surface area contributed by atoms with Crippen molar-refractivity contribution in [3.63, 3.8) is 0 Å². The molecule has 0 bridgehead atoms. The number of amides is 2. The molecular weight excluding hydrogens is 304 g/mol. The molecule has 2 amide bonds. The van der Waals surface area contributed by atoms with Crippen molar-refractivity contribution in [1.29, 1.82) is 0 Å². The van der Waals surface area contributed by atoms with Gasteiger partial charge in [0.05, 0.1) is 0 Å². The molecule has 128 valence electrons. The molecule has 3 rings (SSSR count). The van der Waals surface area contributed by atoms with E-state index in [4.69, 9.17) is 5.73 Å². The third-order valence-corrected chi connectivity index (χ3v) is 5.33. The molecule has 0 aromatic heterocycles. The zero-order chi connectivity index (χ0) is 17.1. The molecule has 24 heavy (non-hydrogen) atoms. The van der Waals surface area contributed by atoms with Gasteiger partial charge in [-0.1, -0.05) is 18.2 Å². The number of rotatable bonds is 4. The SMILES string of the molecule is NC(=O)c1ccccc1C(=O)C1CCC(N2CCCCC2=O)CC1. The molecule has 1 heterocycles. The van der Waals surface area contributed by atoms with Gasteiger partial charge in [-0.3, -0.25) is 14.4 Å². The highest BCUT2D eigenvalue weighted by Crippen LogP contribution is 2.32. The minimum absolute atomic E-state index is 0.00724. The Morgan fingerprint density at radius 2 is 1.67 bits per heavy atom. The minimum Gasteiger partial charge on any atom is -0.366 e. The molecule has 1 aromatic rings. The van der Waals surface area contributed by atoms with Gasteiger partial charge in [0.25, 0.3) is 0 Å². The summed E-state index contributed by atoms with van der Waals surface area (Å²) in [7, 11) is 0. The third-order valence-electron chi connectivity index (χ3n) is 5.33. The summed E-state index contributed by atoms with van der Waals surface area (Å²) in [4.78, 5) is 38.4. The zero-order valence-corrected chi connectivity index (χ0v) is 13.9. The molecule has 1 saturated carbocycles. The molecule has 1 aliphatic heterocycles. The van der Waals surface area contributed by atoms with E-state index in [1.165, 1.54) is 0 Å². The molecule has 0 radical (unpaired) electrons. The Bertz CT molecular complexity index is 648. The molecule has 0 spiro atoms. The lowest BCUT2D eigenvalue weighted by molar-refractivity contribution is -0.136. The second-order valence-electron chi connectivity index (χ2n) is 6.82. The molecule has 1 saturated heterocycles. The number of primary amides is 1. The van der Waals surface area contributed by atoms with Crippen LogP contribution in [0.15, 0.2) is 24.3 Å². The summed E-state index contributed by atoms with van der Waals surface area (Å²) in [5, 5.41) is 0. The average molecular weight is 328 g/mol. The number of nitrogens with zero attached hydrogens (tertiary/aromatic N) is 1. The Morgan fingerprint density at radius 3 is 2.29 bits per heavy atom. The number of piperidine rings is 1. The van der Waals surface area contributed by atoms with Crippen LogP contribution < -0.4 is 5.73 Å². The van der Waals surface area contributed by atoms with E-state index in [2.05, 4.69) is 0 Å². The lowest BCUT2D eigenvalue weighted by atomic mass is 9.80. The van der Waals surface area contributed by atoms with E-state index in [1.54, 1.807) is 24.3 Å². The minimum atomic E-state index is -0.563. The molecule has 5 nitrogen and oxygen atoms in total. The van der Waals surface area contributed by atoms with Crippen molar-refractivity contribution in [2.24, 2.45) is 11.7 Å². The van der Waals surface area contributed by atoms with Gasteiger partial charge in [0.15, 0.2) is 5.78 Å². The zero-order valence-electron chi connectivity index (χ0n) is 13.9. The van der Waals surface area contributed by atoms with Crippen LogP contribution in [0.25, 0.3) is 0 Å². The van der Waals surface area contributed by atoms with Crippen LogP contribution in [0.4, 0.5) is 0 Å². The molecule has 1 aromatic carbocycles. The van der Waals surface area contributed by atoms with Crippen molar-refractivity contribution in [3.05, 3.63) is 35.4 Å². The van der Waals surface area contributed by atoms with E-state index in [-0.39, 0.29) is 23.7 Å². The van der Waals surface area contributed by atoms with E-state index < -0.39 is 5.91 Å². The first-order chi connectivity index (χ1) is 11.6. The van der Waals surface area contributed by atoms with Crippen molar-refractivity contribution in [1.82, 2.24) is 4.90 Å². The van der Waals surface area contributed by atoms with Crippen molar-refractivity contribution < 1.29 is 14.4 Å². The summed E-state index contributed by atoms with van der Waals surface area (Å²) < 4.78 is 0. The van der Waals surface area contributed by atoms with Crippen LogP contribution in [-0.2, 0) is 4.79 Å². The Balaban J connectivity index is 1.65. The van der Waals surface area contributed by atoms with E-state index in [1.807, 2.05) is 4.90 Å². The Kier molecular flexibility index (Phi) is 4.97. The van der Waals surface area contributed by atoms with Gasteiger partial charge in [0.2, 0.25) is 11.8 Å². The standard InChI is InChI=1S/C19H24N2O3/c20-19(24)16-6-2-1-5-15(16)18(23)13-8-10-14(11-9-13)21-12-4-3-7-17(21)22/h1-2,5-6,13-14H,3-4,7-12H2,(H2,20,24). The summed E-state index contributed by atoms with van der Waals surface area (Å²) in [5.41, 5.74) is 6.12. The first kappa shape index (κ1) is 16.7. The fourth-order valence-electron chi connectivity index (χ4n) is 4.00. The van der Waals surface area contributed by atoms with Crippen LogP contribution in [0.3, 0.4) is 0 Å². The van der Waals surface area contributed by atoms with Crippen LogP contribution in [0.5, 0.6) is 0 Å². The smallest absolute Gasteiger partial charge is 0.249 e. The maximum absolute atomic E-state index is 12.8.